The first-order chi connectivity index (χ1) is 24.7. The Balaban J connectivity index is 1.16. The van der Waals surface area contributed by atoms with Crippen LogP contribution in [0, 0.1) is 31.6 Å². The highest BCUT2D eigenvalue weighted by molar-refractivity contribution is 6.43. The fraction of sp³-hybridized carbons (Fsp3) is 0.293. The monoisotopic (exact) mass is 683 g/mol. The third-order valence-electron chi connectivity index (χ3n) is 10.3. The highest BCUT2D eigenvalue weighted by Crippen LogP contribution is 2.51. The number of fused-ring (bicyclic) bond motifs is 3. The van der Waals surface area contributed by atoms with E-state index in [1.54, 1.807) is 25.4 Å². The Kier molecular flexibility index (Phi) is 9.91. The molecule has 4 atom stereocenters. The van der Waals surface area contributed by atoms with Crippen molar-refractivity contribution < 1.29 is 29.1 Å². The second-order valence-corrected chi connectivity index (χ2v) is 13.7. The van der Waals surface area contributed by atoms with E-state index in [4.69, 9.17) is 9.39 Å². The van der Waals surface area contributed by atoms with E-state index in [1.807, 2.05) is 86.6 Å². The molecular weight excluding hydrogens is 641 g/mol. The molecule has 0 bridgehead atoms. The SMILES string of the molecule is COCC1=C2[C@@H](CC/C(=C/c3cc(C)c(O)c(C)c3)c3ccccn3)OB(O)C[C@@H]2[C@@H]2C(=O)N(c3ccc(Nc4ccccc4)cc3)C(=O)[C@@H]2C1. The van der Waals surface area contributed by atoms with Crippen molar-refractivity contribution in [1.82, 2.24) is 4.98 Å². The summed E-state index contributed by atoms with van der Waals surface area (Å²) in [6.07, 6.45) is 5.06. The summed E-state index contributed by atoms with van der Waals surface area (Å²) in [5.41, 5.74) is 8.56. The second-order valence-electron chi connectivity index (χ2n) is 13.7. The van der Waals surface area contributed by atoms with E-state index >= 15 is 0 Å². The number of allylic oxidation sites excluding steroid dienone is 1. The zero-order valence-corrected chi connectivity index (χ0v) is 29.1. The molecule has 7 rings (SSSR count). The van der Waals surface area contributed by atoms with Crippen molar-refractivity contribution in [3.8, 4) is 5.75 Å². The summed E-state index contributed by atoms with van der Waals surface area (Å²) >= 11 is 0. The highest BCUT2D eigenvalue weighted by Gasteiger charge is 2.57. The molecule has 2 saturated heterocycles. The van der Waals surface area contributed by atoms with E-state index in [0.29, 0.717) is 31.6 Å². The number of amides is 2. The molecule has 51 heavy (non-hydrogen) atoms. The van der Waals surface area contributed by atoms with E-state index in [2.05, 4.69) is 16.4 Å². The van der Waals surface area contributed by atoms with Gasteiger partial charge in [-0.3, -0.25) is 19.5 Å². The molecule has 4 aromatic rings. The Hall–Kier alpha value is -5.03. The van der Waals surface area contributed by atoms with Crippen LogP contribution in [0.2, 0.25) is 6.32 Å². The Morgan fingerprint density at radius 2 is 1.69 bits per heavy atom. The topological polar surface area (TPSA) is 121 Å². The second kappa shape index (κ2) is 14.7. The van der Waals surface area contributed by atoms with Gasteiger partial charge in [0.05, 0.1) is 35.9 Å². The molecule has 2 fully saturated rings. The van der Waals surface area contributed by atoms with Crippen LogP contribution >= 0.6 is 0 Å². The van der Waals surface area contributed by atoms with Crippen LogP contribution in [0.1, 0.15) is 41.6 Å². The number of hydrogen-bond donors (Lipinski definition) is 3. The number of phenols is 1. The Morgan fingerprint density at radius 3 is 2.37 bits per heavy atom. The number of nitrogens with zero attached hydrogens (tertiary/aromatic N) is 2. The van der Waals surface area contributed by atoms with Crippen LogP contribution in [-0.4, -0.2) is 53.9 Å². The van der Waals surface area contributed by atoms with Gasteiger partial charge in [0, 0.05) is 24.7 Å². The number of phenolic OH excluding ortho intramolecular Hbond substituents is 1. The van der Waals surface area contributed by atoms with Crippen molar-refractivity contribution >= 4 is 47.6 Å². The van der Waals surface area contributed by atoms with Gasteiger partial charge in [0.15, 0.2) is 0 Å². The third kappa shape index (κ3) is 6.99. The Labute approximate surface area is 298 Å². The molecular formula is C41H42BN3O6. The molecule has 10 heteroatoms. The van der Waals surface area contributed by atoms with Crippen LogP contribution in [0.3, 0.4) is 0 Å². The summed E-state index contributed by atoms with van der Waals surface area (Å²) in [6.45, 7) is 4.07. The first kappa shape index (κ1) is 34.4. The number of benzene rings is 3. The number of ether oxygens (including phenoxy) is 1. The van der Waals surface area contributed by atoms with Crippen molar-refractivity contribution in [2.24, 2.45) is 17.8 Å². The fourth-order valence-electron chi connectivity index (χ4n) is 8.09. The largest absolute Gasteiger partial charge is 0.507 e. The number of para-hydroxylation sites is 1. The summed E-state index contributed by atoms with van der Waals surface area (Å²) in [6, 6.07) is 26.8. The summed E-state index contributed by atoms with van der Waals surface area (Å²) in [5, 5.41) is 24.8. The number of imide groups is 1. The number of pyridine rings is 1. The standard InChI is InChI=1S/C41H42BN3O6/c1-25-19-27(20-26(2)39(25)46)21-28(35-11-7-8-18-43-35)12-17-36-37-29(24-50-3)22-33-38(34(37)23-42(49)51-36)41(48)45(40(33)47)32-15-13-31(14-16-32)44-30-9-5-4-6-10-30/h4-11,13-16,18-21,33-34,36,38,44,46,49H,12,17,22-24H2,1-3H3/b28-21-/t33-,34+,36-,38-/m1/s1. The van der Waals surface area contributed by atoms with Gasteiger partial charge in [-0.05, 0) is 145 Å². The lowest BCUT2D eigenvalue weighted by Gasteiger charge is -2.43. The maximum absolute atomic E-state index is 14.3. The summed E-state index contributed by atoms with van der Waals surface area (Å²) in [5.74, 6) is -1.70. The number of hydrogen-bond acceptors (Lipinski definition) is 8. The van der Waals surface area contributed by atoms with Gasteiger partial charge in [-0.1, -0.05) is 24.3 Å². The molecule has 2 aliphatic heterocycles. The summed E-state index contributed by atoms with van der Waals surface area (Å²) < 4.78 is 11.9. The number of aromatic hydroxyl groups is 1. The van der Waals surface area contributed by atoms with Gasteiger partial charge < -0.3 is 24.8 Å². The van der Waals surface area contributed by atoms with Gasteiger partial charge >= 0.3 is 7.12 Å². The molecule has 1 aromatic heterocycles. The average molecular weight is 684 g/mol. The molecule has 0 saturated carbocycles. The molecule has 0 spiro atoms. The minimum atomic E-state index is -1.09. The number of anilines is 3. The summed E-state index contributed by atoms with van der Waals surface area (Å²) in [7, 11) is 0.543. The van der Waals surface area contributed by atoms with Crippen molar-refractivity contribution in [3.05, 3.63) is 125 Å². The minimum Gasteiger partial charge on any atom is -0.507 e. The van der Waals surface area contributed by atoms with Gasteiger partial charge in [-0.2, -0.15) is 0 Å². The van der Waals surface area contributed by atoms with Crippen LogP contribution < -0.4 is 10.2 Å². The molecule has 3 aromatic carbocycles. The Morgan fingerprint density at radius 1 is 0.980 bits per heavy atom. The molecule has 0 unspecified atom stereocenters. The molecule has 0 radical (unpaired) electrons. The van der Waals surface area contributed by atoms with Crippen LogP contribution in [0.15, 0.2) is 102 Å². The number of nitrogens with one attached hydrogen (secondary N) is 1. The molecule has 260 valence electrons. The zero-order valence-electron chi connectivity index (χ0n) is 29.1. The van der Waals surface area contributed by atoms with Crippen LogP contribution in [0.25, 0.3) is 11.6 Å². The number of carbonyl (C=O) groups is 2. The van der Waals surface area contributed by atoms with Gasteiger partial charge in [-0.25, -0.2) is 0 Å². The first-order valence-corrected chi connectivity index (χ1v) is 17.5. The van der Waals surface area contributed by atoms with Gasteiger partial charge in [0.1, 0.15) is 5.75 Å². The van der Waals surface area contributed by atoms with E-state index < -0.39 is 25.1 Å². The zero-order chi connectivity index (χ0) is 35.6. The first-order valence-electron chi connectivity index (χ1n) is 17.5. The quantitative estimate of drug-likeness (QED) is 0.0919. The van der Waals surface area contributed by atoms with Crippen molar-refractivity contribution in [1.29, 1.82) is 0 Å². The average Bonchev–Trinajstić information content (AvgIpc) is 3.38. The highest BCUT2D eigenvalue weighted by atomic mass is 16.5. The number of aromatic nitrogens is 1. The summed E-state index contributed by atoms with van der Waals surface area (Å²) in [4.78, 5) is 34.3. The third-order valence-corrected chi connectivity index (χ3v) is 10.3. The van der Waals surface area contributed by atoms with Crippen LogP contribution in [-0.2, 0) is 19.0 Å². The van der Waals surface area contributed by atoms with E-state index in [-0.39, 0.29) is 29.8 Å². The molecule has 3 N–H and O–H groups in total. The lowest BCUT2D eigenvalue weighted by Crippen LogP contribution is -2.46. The van der Waals surface area contributed by atoms with Gasteiger partial charge in [-0.15, -0.1) is 0 Å². The maximum atomic E-state index is 14.3. The van der Waals surface area contributed by atoms with Crippen LogP contribution in [0.4, 0.5) is 17.1 Å². The number of rotatable bonds is 10. The predicted octanol–water partition coefficient (Wildman–Crippen LogP) is 7.12. The molecule has 1 aliphatic carbocycles. The van der Waals surface area contributed by atoms with Crippen LogP contribution in [0.5, 0.6) is 5.75 Å². The normalized spacial score (nSPS) is 21.9. The van der Waals surface area contributed by atoms with E-state index in [0.717, 1.165) is 50.5 Å². The predicted molar refractivity (Wildman–Crippen MR) is 199 cm³/mol. The molecule has 2 amide bonds. The lowest BCUT2D eigenvalue weighted by molar-refractivity contribution is -0.122. The fourth-order valence-corrected chi connectivity index (χ4v) is 8.09. The van der Waals surface area contributed by atoms with E-state index in [9.17, 15) is 19.7 Å². The lowest BCUT2D eigenvalue weighted by atomic mass is 9.58. The smallest absolute Gasteiger partial charge is 0.455 e. The Bertz CT molecular complexity index is 1960. The minimum absolute atomic E-state index is 0.223. The maximum Gasteiger partial charge on any atom is 0.455 e. The molecule has 3 heterocycles. The molecule has 9 nitrogen and oxygen atoms in total. The number of methoxy groups -OCH3 is 1. The number of aryl methyl sites for hydroxylation is 2. The molecule has 3 aliphatic rings. The van der Waals surface area contributed by atoms with Gasteiger partial charge in [0.25, 0.3) is 0 Å². The van der Waals surface area contributed by atoms with Crippen molar-refractivity contribution in [2.75, 3.05) is 23.9 Å². The number of carbonyl (C=O) groups excluding carboxylic acids is 2. The van der Waals surface area contributed by atoms with Gasteiger partial charge in [0.2, 0.25) is 11.8 Å². The van der Waals surface area contributed by atoms with Crippen molar-refractivity contribution in [3.63, 3.8) is 0 Å². The van der Waals surface area contributed by atoms with E-state index in [1.165, 1.54) is 4.90 Å². The van der Waals surface area contributed by atoms with Crippen molar-refractivity contribution in [2.45, 2.75) is 45.5 Å².